The molecule has 0 spiro atoms. The first-order valence-corrected chi connectivity index (χ1v) is 6.33. The van der Waals surface area contributed by atoms with Crippen LogP contribution in [0.3, 0.4) is 0 Å². The third-order valence-electron chi connectivity index (χ3n) is 3.32. The topological polar surface area (TPSA) is 84.9 Å². The van der Waals surface area contributed by atoms with Crippen molar-refractivity contribution < 1.29 is 4.79 Å². The molecule has 0 amide bonds. The molecule has 0 atom stereocenters. The third kappa shape index (κ3) is 2.01. The lowest BCUT2D eigenvalue weighted by atomic mass is 10.0. The van der Waals surface area contributed by atoms with Crippen LogP contribution in [0.25, 0.3) is 10.9 Å². The van der Waals surface area contributed by atoms with Gasteiger partial charge in [0.1, 0.15) is 0 Å². The molecule has 3 rings (SSSR count). The van der Waals surface area contributed by atoms with Crippen LogP contribution in [0.4, 0.5) is 11.4 Å². The molecule has 0 saturated carbocycles. The van der Waals surface area contributed by atoms with Gasteiger partial charge in [0.25, 0.3) is 0 Å². The summed E-state index contributed by atoms with van der Waals surface area (Å²) >= 11 is 0. The number of H-pyrrole nitrogens is 1. The number of rotatable bonds is 2. The summed E-state index contributed by atoms with van der Waals surface area (Å²) in [5.41, 5.74) is 15.7. The molecular formula is C16H15N3O. The number of nitrogen functional groups attached to an aromatic ring is 2. The van der Waals surface area contributed by atoms with Gasteiger partial charge in [-0.15, -0.1) is 0 Å². The second kappa shape index (κ2) is 4.42. The molecule has 4 nitrogen and oxygen atoms in total. The van der Waals surface area contributed by atoms with Crippen LogP contribution in [-0.2, 0) is 0 Å². The maximum absolute atomic E-state index is 12.6. The number of aromatic nitrogens is 1. The summed E-state index contributed by atoms with van der Waals surface area (Å²) in [5.74, 6) is -0.0825. The fourth-order valence-corrected chi connectivity index (χ4v) is 2.39. The van der Waals surface area contributed by atoms with Crippen molar-refractivity contribution in [2.24, 2.45) is 0 Å². The van der Waals surface area contributed by atoms with E-state index >= 15 is 0 Å². The summed E-state index contributed by atoms with van der Waals surface area (Å²) < 4.78 is 0. The zero-order chi connectivity index (χ0) is 14.3. The van der Waals surface area contributed by atoms with E-state index in [0.717, 1.165) is 16.5 Å². The Bertz CT molecular complexity index is 797. The predicted octanol–water partition coefficient (Wildman–Crippen LogP) is 2.87. The lowest BCUT2D eigenvalue weighted by molar-refractivity contribution is 0.104. The van der Waals surface area contributed by atoms with Gasteiger partial charge in [0.05, 0.1) is 0 Å². The first-order valence-electron chi connectivity index (χ1n) is 6.33. The van der Waals surface area contributed by atoms with Gasteiger partial charge in [0, 0.05) is 39.6 Å². The Morgan fingerprint density at radius 1 is 1.05 bits per heavy atom. The number of carbonyl (C=O) groups is 1. The number of benzene rings is 2. The fourth-order valence-electron chi connectivity index (χ4n) is 2.39. The summed E-state index contributed by atoms with van der Waals surface area (Å²) in [6.07, 6.45) is 1.73. The normalized spacial score (nSPS) is 10.8. The van der Waals surface area contributed by atoms with Gasteiger partial charge in [-0.1, -0.05) is 11.6 Å². The third-order valence-corrected chi connectivity index (χ3v) is 3.32. The molecule has 1 heterocycles. The van der Waals surface area contributed by atoms with Gasteiger partial charge >= 0.3 is 0 Å². The molecule has 20 heavy (non-hydrogen) atoms. The molecule has 0 bridgehead atoms. The molecule has 0 fully saturated rings. The van der Waals surface area contributed by atoms with E-state index in [1.165, 1.54) is 0 Å². The van der Waals surface area contributed by atoms with E-state index in [0.29, 0.717) is 22.5 Å². The molecular weight excluding hydrogens is 250 g/mol. The van der Waals surface area contributed by atoms with E-state index in [-0.39, 0.29) is 5.78 Å². The van der Waals surface area contributed by atoms with E-state index < -0.39 is 0 Å². The molecule has 4 heteroatoms. The number of ketones is 1. The highest BCUT2D eigenvalue weighted by Gasteiger charge is 2.15. The lowest BCUT2D eigenvalue weighted by Gasteiger charge is -2.04. The Kier molecular flexibility index (Phi) is 2.71. The molecule has 100 valence electrons. The highest BCUT2D eigenvalue weighted by Crippen LogP contribution is 2.24. The summed E-state index contributed by atoms with van der Waals surface area (Å²) in [5, 5.41) is 0.913. The largest absolute Gasteiger partial charge is 0.399 e. The summed E-state index contributed by atoms with van der Waals surface area (Å²) in [6, 6.07) is 10.9. The summed E-state index contributed by atoms with van der Waals surface area (Å²) in [6.45, 7) is 2.00. The zero-order valence-electron chi connectivity index (χ0n) is 11.1. The first-order chi connectivity index (χ1) is 9.54. The SMILES string of the molecule is Cc1ccc2[nH]cc(C(=O)c3cc(N)cc(N)c3)c2c1. The lowest BCUT2D eigenvalue weighted by Crippen LogP contribution is -2.03. The van der Waals surface area contributed by atoms with Gasteiger partial charge in [-0.2, -0.15) is 0 Å². The maximum Gasteiger partial charge on any atom is 0.195 e. The van der Waals surface area contributed by atoms with Crippen LogP contribution < -0.4 is 11.5 Å². The van der Waals surface area contributed by atoms with Crippen LogP contribution in [0.5, 0.6) is 0 Å². The standard InChI is InChI=1S/C16H15N3O/c1-9-2-3-15-13(4-9)14(8-19-15)16(20)10-5-11(17)7-12(18)6-10/h2-8,19H,17-18H2,1H3. The van der Waals surface area contributed by atoms with Crippen molar-refractivity contribution in [1.82, 2.24) is 4.98 Å². The summed E-state index contributed by atoms with van der Waals surface area (Å²) in [7, 11) is 0. The number of anilines is 2. The number of aryl methyl sites for hydroxylation is 1. The van der Waals surface area contributed by atoms with E-state index in [2.05, 4.69) is 4.98 Å². The molecule has 0 aliphatic rings. The van der Waals surface area contributed by atoms with Crippen LogP contribution in [0.1, 0.15) is 21.5 Å². The smallest absolute Gasteiger partial charge is 0.195 e. The monoisotopic (exact) mass is 265 g/mol. The van der Waals surface area contributed by atoms with Gasteiger partial charge in [-0.05, 0) is 37.3 Å². The second-order valence-electron chi connectivity index (χ2n) is 4.97. The van der Waals surface area contributed by atoms with Gasteiger partial charge in [-0.25, -0.2) is 0 Å². The van der Waals surface area contributed by atoms with Crippen molar-refractivity contribution in [2.45, 2.75) is 6.92 Å². The van der Waals surface area contributed by atoms with Crippen LogP contribution in [-0.4, -0.2) is 10.8 Å². The molecule has 1 aromatic heterocycles. The number of hydrogen-bond donors (Lipinski definition) is 3. The minimum Gasteiger partial charge on any atom is -0.399 e. The molecule has 0 aliphatic carbocycles. The van der Waals surface area contributed by atoms with E-state index in [9.17, 15) is 4.79 Å². The Hall–Kier alpha value is -2.75. The average Bonchev–Trinajstić information content (AvgIpc) is 2.79. The molecule has 0 saturated heterocycles. The quantitative estimate of drug-likeness (QED) is 0.492. The van der Waals surface area contributed by atoms with E-state index in [1.54, 1.807) is 24.4 Å². The molecule has 0 unspecified atom stereocenters. The first kappa shape index (κ1) is 12.3. The van der Waals surface area contributed by atoms with Crippen LogP contribution in [0.15, 0.2) is 42.6 Å². The van der Waals surface area contributed by atoms with Crippen molar-refractivity contribution in [3.8, 4) is 0 Å². The van der Waals surface area contributed by atoms with Crippen molar-refractivity contribution in [2.75, 3.05) is 11.5 Å². The van der Waals surface area contributed by atoms with Crippen LogP contribution in [0, 0.1) is 6.92 Å². The predicted molar refractivity (Wildman–Crippen MR) is 81.7 cm³/mol. The maximum atomic E-state index is 12.6. The highest BCUT2D eigenvalue weighted by molar-refractivity contribution is 6.17. The van der Waals surface area contributed by atoms with Crippen molar-refractivity contribution in [3.05, 3.63) is 59.3 Å². The molecule has 0 radical (unpaired) electrons. The van der Waals surface area contributed by atoms with Crippen molar-refractivity contribution >= 4 is 28.1 Å². The average molecular weight is 265 g/mol. The fraction of sp³-hybridized carbons (Fsp3) is 0.0625. The number of nitrogens with two attached hydrogens (primary N) is 2. The Morgan fingerprint density at radius 3 is 2.45 bits per heavy atom. The number of nitrogens with one attached hydrogen (secondary N) is 1. The van der Waals surface area contributed by atoms with Crippen LogP contribution >= 0.6 is 0 Å². The number of hydrogen-bond acceptors (Lipinski definition) is 3. The van der Waals surface area contributed by atoms with Gasteiger partial charge in [0.15, 0.2) is 5.78 Å². The molecule has 3 aromatic rings. The van der Waals surface area contributed by atoms with Crippen LogP contribution in [0.2, 0.25) is 0 Å². The zero-order valence-corrected chi connectivity index (χ0v) is 11.1. The van der Waals surface area contributed by atoms with Gasteiger partial charge in [-0.3, -0.25) is 4.79 Å². The minimum atomic E-state index is -0.0825. The van der Waals surface area contributed by atoms with Gasteiger partial charge < -0.3 is 16.5 Å². The van der Waals surface area contributed by atoms with Crippen molar-refractivity contribution in [1.29, 1.82) is 0 Å². The summed E-state index contributed by atoms with van der Waals surface area (Å²) in [4.78, 5) is 15.7. The molecule has 0 aliphatic heterocycles. The Balaban J connectivity index is 2.15. The number of carbonyl (C=O) groups excluding carboxylic acids is 1. The van der Waals surface area contributed by atoms with Crippen molar-refractivity contribution in [3.63, 3.8) is 0 Å². The highest BCUT2D eigenvalue weighted by atomic mass is 16.1. The minimum absolute atomic E-state index is 0.0825. The number of aromatic amines is 1. The Labute approximate surface area is 116 Å². The second-order valence-corrected chi connectivity index (χ2v) is 4.97. The van der Waals surface area contributed by atoms with Gasteiger partial charge in [0.2, 0.25) is 0 Å². The van der Waals surface area contributed by atoms with E-state index in [4.69, 9.17) is 11.5 Å². The number of fused-ring (bicyclic) bond motifs is 1. The molecule has 5 N–H and O–H groups in total. The molecule has 2 aromatic carbocycles. The Morgan fingerprint density at radius 2 is 1.75 bits per heavy atom. The van der Waals surface area contributed by atoms with E-state index in [1.807, 2.05) is 25.1 Å².